The van der Waals surface area contributed by atoms with Crippen LogP contribution in [-0.4, -0.2) is 47.2 Å². The van der Waals surface area contributed by atoms with Crippen molar-refractivity contribution in [2.45, 2.75) is 83.7 Å². The number of amides is 3. The van der Waals surface area contributed by atoms with E-state index in [2.05, 4.69) is 10.6 Å². The van der Waals surface area contributed by atoms with Gasteiger partial charge in [0.1, 0.15) is 6.04 Å². The lowest BCUT2D eigenvalue weighted by Gasteiger charge is -2.26. The Morgan fingerprint density at radius 3 is 1.98 bits per heavy atom. The first-order valence-electron chi connectivity index (χ1n) is 15.1. The third-order valence-electron chi connectivity index (χ3n) is 7.98. The molecule has 0 aliphatic heterocycles. The summed E-state index contributed by atoms with van der Waals surface area (Å²) < 4.78 is 0. The molecule has 0 bridgehead atoms. The van der Waals surface area contributed by atoms with Gasteiger partial charge in [-0.2, -0.15) is 0 Å². The van der Waals surface area contributed by atoms with Crippen molar-refractivity contribution in [3.63, 3.8) is 0 Å². The van der Waals surface area contributed by atoms with Gasteiger partial charge in [-0.15, -0.1) is 0 Å². The summed E-state index contributed by atoms with van der Waals surface area (Å²) in [6.07, 6.45) is 4.73. The number of hydrogen-bond donors (Lipinski definition) is 3. The fourth-order valence-electron chi connectivity index (χ4n) is 5.54. The van der Waals surface area contributed by atoms with Gasteiger partial charge in [-0.3, -0.25) is 28.8 Å². The van der Waals surface area contributed by atoms with Crippen LogP contribution in [0.4, 0.5) is 0 Å². The average Bonchev–Trinajstić information content (AvgIpc) is 2.99. The van der Waals surface area contributed by atoms with E-state index < -0.39 is 59.6 Å². The fraction of sp³-hybridized carbons (Fsp3) is 0.471. The van der Waals surface area contributed by atoms with Gasteiger partial charge in [0.25, 0.3) is 0 Å². The number of hydrogen-bond acceptors (Lipinski definition) is 6. The van der Waals surface area contributed by atoms with Crippen molar-refractivity contribution in [1.82, 2.24) is 10.6 Å². The molecule has 3 amide bonds. The van der Waals surface area contributed by atoms with Crippen molar-refractivity contribution in [2.75, 3.05) is 0 Å². The molecule has 43 heavy (non-hydrogen) atoms. The third kappa shape index (κ3) is 10.6. The Morgan fingerprint density at radius 2 is 1.40 bits per heavy atom. The normalized spacial score (nSPS) is 15.6. The van der Waals surface area contributed by atoms with Crippen LogP contribution in [0.2, 0.25) is 0 Å². The van der Waals surface area contributed by atoms with Crippen molar-refractivity contribution in [3.05, 3.63) is 71.8 Å². The molecule has 230 valence electrons. The molecular weight excluding hydrogens is 546 g/mol. The highest BCUT2D eigenvalue weighted by Crippen LogP contribution is 2.27. The Hall–Kier alpha value is -4.14. The minimum absolute atomic E-state index is 0.127. The maximum atomic E-state index is 13.6. The van der Waals surface area contributed by atoms with E-state index in [1.165, 1.54) is 0 Å². The van der Waals surface area contributed by atoms with Crippen molar-refractivity contribution in [3.8, 4) is 0 Å². The van der Waals surface area contributed by atoms with Crippen LogP contribution < -0.4 is 16.4 Å². The summed E-state index contributed by atoms with van der Waals surface area (Å²) in [5.74, 6) is -4.78. The molecule has 2 aromatic rings. The molecule has 3 rings (SSSR count). The summed E-state index contributed by atoms with van der Waals surface area (Å²) in [6.45, 7) is 3.42. The summed E-state index contributed by atoms with van der Waals surface area (Å²) >= 11 is 0. The number of benzene rings is 2. The molecule has 0 unspecified atom stereocenters. The molecule has 0 spiro atoms. The summed E-state index contributed by atoms with van der Waals surface area (Å²) in [6, 6.07) is 15.3. The Balaban J connectivity index is 1.75. The minimum Gasteiger partial charge on any atom is -0.370 e. The number of Topliss-reactive ketones (excluding diaryl/α,β-unsaturated/α-hetero) is 3. The first kappa shape index (κ1) is 33.4. The maximum Gasteiger partial charge on any atom is 0.243 e. The number of nitrogens with one attached hydrogen (secondary N) is 2. The number of carbonyl (C=O) groups excluding carboxylic acids is 6. The average molecular weight is 590 g/mol. The quantitative estimate of drug-likeness (QED) is 0.200. The third-order valence-corrected chi connectivity index (χ3v) is 7.98. The van der Waals surface area contributed by atoms with Gasteiger partial charge in [-0.05, 0) is 23.8 Å². The smallest absolute Gasteiger partial charge is 0.243 e. The van der Waals surface area contributed by atoms with Gasteiger partial charge in [-0.25, -0.2) is 0 Å². The van der Waals surface area contributed by atoms with Crippen LogP contribution in [0, 0.1) is 17.8 Å². The van der Waals surface area contributed by atoms with E-state index in [9.17, 15) is 28.8 Å². The van der Waals surface area contributed by atoms with Crippen LogP contribution in [0.25, 0.3) is 0 Å². The molecule has 0 saturated heterocycles. The molecule has 4 N–H and O–H groups in total. The van der Waals surface area contributed by atoms with E-state index >= 15 is 0 Å². The van der Waals surface area contributed by atoms with E-state index in [4.69, 9.17) is 5.73 Å². The number of nitrogens with two attached hydrogens (primary N) is 1. The Bertz CT molecular complexity index is 1270. The summed E-state index contributed by atoms with van der Waals surface area (Å²) in [5.41, 5.74) is 6.70. The Kier molecular flexibility index (Phi) is 12.8. The van der Waals surface area contributed by atoms with Crippen LogP contribution in [0.15, 0.2) is 60.7 Å². The Morgan fingerprint density at radius 1 is 0.791 bits per heavy atom. The SMILES string of the molecule is CC(C)[C@H](NC(=O)[C@H](CC(N)=O)NC(=O)[C@@H](CC(=O)c1ccccc1)Cc1ccccc1)C(=O)C(=O)CC1CCCCC1. The van der Waals surface area contributed by atoms with E-state index in [0.717, 1.165) is 37.7 Å². The number of primary amides is 1. The van der Waals surface area contributed by atoms with Crippen molar-refractivity contribution in [1.29, 1.82) is 0 Å². The fourth-order valence-corrected chi connectivity index (χ4v) is 5.54. The molecule has 0 aromatic heterocycles. The highest BCUT2D eigenvalue weighted by atomic mass is 16.2. The van der Waals surface area contributed by atoms with Gasteiger partial charge in [0, 0.05) is 24.3 Å². The lowest BCUT2D eigenvalue weighted by atomic mass is 9.84. The zero-order chi connectivity index (χ0) is 31.4. The van der Waals surface area contributed by atoms with Crippen molar-refractivity contribution >= 4 is 35.1 Å². The zero-order valence-electron chi connectivity index (χ0n) is 25.1. The molecule has 1 fully saturated rings. The molecule has 1 aliphatic carbocycles. The van der Waals surface area contributed by atoms with Gasteiger partial charge >= 0.3 is 0 Å². The zero-order valence-corrected chi connectivity index (χ0v) is 25.1. The first-order chi connectivity index (χ1) is 20.5. The molecule has 0 heterocycles. The van der Waals surface area contributed by atoms with E-state index in [0.29, 0.717) is 5.56 Å². The summed E-state index contributed by atoms with van der Waals surface area (Å²) in [5, 5.41) is 5.20. The van der Waals surface area contributed by atoms with Gasteiger partial charge in [0.05, 0.1) is 12.5 Å². The van der Waals surface area contributed by atoms with Crippen LogP contribution in [-0.2, 0) is 30.4 Å². The van der Waals surface area contributed by atoms with Gasteiger partial charge in [-0.1, -0.05) is 107 Å². The highest BCUT2D eigenvalue weighted by Gasteiger charge is 2.35. The largest absolute Gasteiger partial charge is 0.370 e. The number of rotatable bonds is 16. The predicted octanol–water partition coefficient (Wildman–Crippen LogP) is 3.73. The highest BCUT2D eigenvalue weighted by molar-refractivity contribution is 6.39. The topological polar surface area (TPSA) is 152 Å². The van der Waals surface area contributed by atoms with Crippen LogP contribution in [0.3, 0.4) is 0 Å². The van der Waals surface area contributed by atoms with Crippen LogP contribution in [0.1, 0.15) is 81.1 Å². The molecule has 1 saturated carbocycles. The lowest BCUT2D eigenvalue weighted by molar-refractivity contribution is -0.141. The minimum atomic E-state index is -1.39. The molecule has 9 nitrogen and oxygen atoms in total. The molecule has 9 heteroatoms. The molecular formula is C34H43N3O6. The summed E-state index contributed by atoms with van der Waals surface area (Å²) in [7, 11) is 0. The standard InChI is InChI=1S/C34H43N3O6/c1-22(2)31(32(41)29(39)19-24-14-8-4-9-15-24)37-34(43)27(21-30(35)40)36-33(42)26(18-23-12-6-3-7-13-23)20-28(38)25-16-10-5-11-17-25/h3,5-7,10-13,16-17,22,24,26-27,31H,4,8-9,14-15,18-21H2,1-2H3,(H2,35,40)(H,36,42)(H,37,43)/t26-,27+,31+/m1/s1. The van der Waals surface area contributed by atoms with Crippen molar-refractivity contribution in [2.24, 2.45) is 23.5 Å². The molecule has 2 aromatic carbocycles. The van der Waals surface area contributed by atoms with E-state index in [-0.39, 0.29) is 31.0 Å². The predicted molar refractivity (Wildman–Crippen MR) is 163 cm³/mol. The van der Waals surface area contributed by atoms with E-state index in [1.54, 1.807) is 44.2 Å². The lowest BCUT2D eigenvalue weighted by Crippen LogP contribution is -2.56. The van der Waals surface area contributed by atoms with Crippen LogP contribution in [0.5, 0.6) is 0 Å². The molecule has 1 aliphatic rings. The second kappa shape index (κ2) is 16.5. The first-order valence-corrected chi connectivity index (χ1v) is 15.1. The van der Waals surface area contributed by atoms with Crippen molar-refractivity contribution < 1.29 is 28.8 Å². The van der Waals surface area contributed by atoms with Crippen LogP contribution >= 0.6 is 0 Å². The van der Waals surface area contributed by atoms with Gasteiger partial charge < -0.3 is 16.4 Å². The maximum absolute atomic E-state index is 13.6. The second-order valence-electron chi connectivity index (χ2n) is 11.8. The molecule has 0 radical (unpaired) electrons. The van der Waals surface area contributed by atoms with Gasteiger partial charge in [0.15, 0.2) is 5.78 Å². The monoisotopic (exact) mass is 589 g/mol. The summed E-state index contributed by atoms with van der Waals surface area (Å²) in [4.78, 5) is 78.0. The Labute approximate surface area is 253 Å². The number of carbonyl (C=O) groups is 6. The second-order valence-corrected chi connectivity index (χ2v) is 11.8. The van der Waals surface area contributed by atoms with Gasteiger partial charge in [0.2, 0.25) is 29.3 Å². The molecule has 3 atom stereocenters. The van der Waals surface area contributed by atoms with E-state index in [1.807, 2.05) is 30.3 Å². The number of ketones is 3.